The Hall–Kier alpha value is -3.22. The predicted molar refractivity (Wildman–Crippen MR) is 96.0 cm³/mol. The molecule has 0 spiro atoms. The summed E-state index contributed by atoms with van der Waals surface area (Å²) in [5, 5.41) is 3.99. The molecule has 1 aliphatic rings. The lowest BCUT2D eigenvalue weighted by molar-refractivity contribution is -0.127. The topological polar surface area (TPSA) is 72.4 Å². The van der Waals surface area contributed by atoms with Gasteiger partial charge in [-0.25, -0.2) is 4.39 Å². The van der Waals surface area contributed by atoms with Gasteiger partial charge in [0.25, 0.3) is 0 Å². The van der Waals surface area contributed by atoms with E-state index in [1.54, 1.807) is 41.5 Å². The molecule has 3 heterocycles. The second-order valence-electron chi connectivity index (χ2n) is 6.41. The SMILES string of the molecule is O=C(/C=C/c1ccco1)N1CCC(c2nc(-c3ccc(F)cc3)no2)CC1. The Morgan fingerprint density at radius 3 is 2.67 bits per heavy atom. The molecule has 3 aromatic rings. The van der Waals surface area contributed by atoms with Crippen molar-refractivity contribution in [2.75, 3.05) is 13.1 Å². The smallest absolute Gasteiger partial charge is 0.246 e. The highest BCUT2D eigenvalue weighted by Crippen LogP contribution is 2.28. The van der Waals surface area contributed by atoms with E-state index in [0.29, 0.717) is 36.1 Å². The van der Waals surface area contributed by atoms with Crippen LogP contribution in [-0.2, 0) is 4.79 Å². The van der Waals surface area contributed by atoms with Gasteiger partial charge in [0.05, 0.1) is 6.26 Å². The fraction of sp³-hybridized carbons (Fsp3) is 0.250. The van der Waals surface area contributed by atoms with Crippen LogP contribution >= 0.6 is 0 Å². The fourth-order valence-corrected chi connectivity index (χ4v) is 3.11. The minimum Gasteiger partial charge on any atom is -0.465 e. The second kappa shape index (κ2) is 7.57. The summed E-state index contributed by atoms with van der Waals surface area (Å²) in [7, 11) is 0. The summed E-state index contributed by atoms with van der Waals surface area (Å²) in [6.07, 6.45) is 6.27. The van der Waals surface area contributed by atoms with Crippen molar-refractivity contribution >= 4 is 12.0 Å². The third-order valence-corrected chi connectivity index (χ3v) is 4.63. The molecule has 138 valence electrons. The summed E-state index contributed by atoms with van der Waals surface area (Å²) in [6, 6.07) is 9.55. The van der Waals surface area contributed by atoms with Crippen LogP contribution in [0.5, 0.6) is 0 Å². The summed E-state index contributed by atoms with van der Waals surface area (Å²) >= 11 is 0. The number of benzene rings is 1. The van der Waals surface area contributed by atoms with Gasteiger partial charge in [0.2, 0.25) is 17.6 Å². The van der Waals surface area contributed by atoms with Crippen LogP contribution < -0.4 is 0 Å². The summed E-state index contributed by atoms with van der Waals surface area (Å²) in [4.78, 5) is 18.5. The molecule has 0 bridgehead atoms. The van der Waals surface area contributed by atoms with Gasteiger partial charge >= 0.3 is 0 Å². The zero-order valence-electron chi connectivity index (χ0n) is 14.5. The third kappa shape index (κ3) is 3.97. The number of rotatable bonds is 4. The molecular weight excluding hydrogens is 349 g/mol. The first-order valence-corrected chi connectivity index (χ1v) is 8.79. The summed E-state index contributed by atoms with van der Waals surface area (Å²) in [5.74, 6) is 1.43. The number of hydrogen-bond acceptors (Lipinski definition) is 5. The van der Waals surface area contributed by atoms with Gasteiger partial charge in [-0.1, -0.05) is 5.16 Å². The highest BCUT2D eigenvalue weighted by Gasteiger charge is 2.27. The molecular formula is C20H18FN3O3. The Bertz CT molecular complexity index is 924. The molecule has 1 amide bonds. The molecule has 1 saturated heterocycles. The molecule has 0 N–H and O–H groups in total. The fourth-order valence-electron chi connectivity index (χ4n) is 3.11. The van der Waals surface area contributed by atoms with E-state index < -0.39 is 0 Å². The van der Waals surface area contributed by atoms with Crippen LogP contribution in [0, 0.1) is 5.82 Å². The van der Waals surface area contributed by atoms with Gasteiger partial charge in [-0.2, -0.15) is 4.98 Å². The highest BCUT2D eigenvalue weighted by molar-refractivity contribution is 5.91. The molecule has 0 saturated carbocycles. The predicted octanol–water partition coefficient (Wildman–Crippen LogP) is 3.89. The van der Waals surface area contributed by atoms with Crippen molar-refractivity contribution in [1.82, 2.24) is 15.0 Å². The molecule has 1 fully saturated rings. The van der Waals surface area contributed by atoms with Crippen molar-refractivity contribution in [2.45, 2.75) is 18.8 Å². The third-order valence-electron chi connectivity index (χ3n) is 4.63. The first-order chi connectivity index (χ1) is 13.2. The first-order valence-electron chi connectivity index (χ1n) is 8.79. The van der Waals surface area contributed by atoms with Gasteiger partial charge in [-0.05, 0) is 55.3 Å². The maximum Gasteiger partial charge on any atom is 0.246 e. The Morgan fingerprint density at radius 1 is 1.19 bits per heavy atom. The quantitative estimate of drug-likeness (QED) is 0.654. The zero-order chi connectivity index (χ0) is 18.6. The van der Waals surface area contributed by atoms with E-state index in [-0.39, 0.29) is 17.6 Å². The summed E-state index contributed by atoms with van der Waals surface area (Å²) in [6.45, 7) is 1.25. The first kappa shape index (κ1) is 17.2. The van der Waals surface area contributed by atoms with Crippen molar-refractivity contribution < 1.29 is 18.1 Å². The normalized spacial score (nSPS) is 15.5. The number of piperidine rings is 1. The van der Waals surface area contributed by atoms with E-state index in [9.17, 15) is 9.18 Å². The Kier molecular flexibility index (Phi) is 4.82. The molecule has 0 unspecified atom stereocenters. The minimum atomic E-state index is -0.305. The molecule has 1 aromatic carbocycles. The van der Waals surface area contributed by atoms with Gasteiger partial charge in [0.1, 0.15) is 11.6 Å². The minimum absolute atomic E-state index is 0.0395. The maximum absolute atomic E-state index is 13.0. The molecule has 0 atom stereocenters. The van der Waals surface area contributed by atoms with E-state index in [2.05, 4.69) is 10.1 Å². The van der Waals surface area contributed by atoms with Crippen LogP contribution in [0.15, 0.2) is 57.7 Å². The standard InChI is InChI=1S/C20H18FN3O3/c21-16-5-3-14(4-6-16)19-22-20(27-23-19)15-9-11-24(12-10-15)18(25)8-7-17-2-1-13-26-17/h1-8,13,15H,9-12H2/b8-7+. The van der Waals surface area contributed by atoms with Crippen molar-refractivity contribution in [1.29, 1.82) is 0 Å². The van der Waals surface area contributed by atoms with Gasteiger partial charge in [0, 0.05) is 30.6 Å². The highest BCUT2D eigenvalue weighted by atomic mass is 19.1. The lowest BCUT2D eigenvalue weighted by Crippen LogP contribution is -2.36. The van der Waals surface area contributed by atoms with Crippen molar-refractivity contribution in [3.63, 3.8) is 0 Å². The molecule has 0 radical (unpaired) electrons. The van der Waals surface area contributed by atoms with Crippen LogP contribution in [0.3, 0.4) is 0 Å². The molecule has 6 nitrogen and oxygen atoms in total. The number of amides is 1. The van der Waals surface area contributed by atoms with Crippen LogP contribution in [0.4, 0.5) is 4.39 Å². The second-order valence-corrected chi connectivity index (χ2v) is 6.41. The molecule has 0 aliphatic carbocycles. The van der Waals surface area contributed by atoms with Crippen LogP contribution in [0.1, 0.15) is 30.4 Å². The van der Waals surface area contributed by atoms with E-state index >= 15 is 0 Å². The molecule has 7 heteroatoms. The van der Waals surface area contributed by atoms with E-state index in [4.69, 9.17) is 8.94 Å². The number of aromatic nitrogens is 2. The zero-order valence-corrected chi connectivity index (χ0v) is 14.5. The Labute approximate surface area is 155 Å². The largest absolute Gasteiger partial charge is 0.465 e. The average Bonchev–Trinajstić information content (AvgIpc) is 3.39. The Morgan fingerprint density at radius 2 is 1.96 bits per heavy atom. The average molecular weight is 367 g/mol. The number of halogens is 1. The molecule has 2 aromatic heterocycles. The Balaban J connectivity index is 1.35. The number of carbonyl (C=O) groups is 1. The van der Waals surface area contributed by atoms with Crippen LogP contribution in [-0.4, -0.2) is 34.0 Å². The maximum atomic E-state index is 13.0. The number of hydrogen-bond donors (Lipinski definition) is 0. The van der Waals surface area contributed by atoms with E-state index in [1.165, 1.54) is 18.2 Å². The molecule has 27 heavy (non-hydrogen) atoms. The number of nitrogens with zero attached hydrogens (tertiary/aromatic N) is 3. The summed E-state index contributed by atoms with van der Waals surface area (Å²) in [5.41, 5.74) is 0.710. The van der Waals surface area contributed by atoms with Crippen LogP contribution in [0.25, 0.3) is 17.5 Å². The van der Waals surface area contributed by atoms with E-state index in [1.807, 2.05) is 0 Å². The lowest BCUT2D eigenvalue weighted by atomic mass is 9.96. The van der Waals surface area contributed by atoms with Crippen molar-refractivity contribution in [2.24, 2.45) is 0 Å². The van der Waals surface area contributed by atoms with Crippen molar-refractivity contribution in [3.8, 4) is 11.4 Å². The lowest BCUT2D eigenvalue weighted by Gasteiger charge is -2.29. The van der Waals surface area contributed by atoms with Gasteiger partial charge in [-0.3, -0.25) is 4.79 Å². The number of furan rings is 1. The van der Waals surface area contributed by atoms with Gasteiger partial charge < -0.3 is 13.8 Å². The van der Waals surface area contributed by atoms with E-state index in [0.717, 1.165) is 12.8 Å². The summed E-state index contributed by atoms with van der Waals surface area (Å²) < 4.78 is 23.6. The molecule has 4 rings (SSSR count). The van der Waals surface area contributed by atoms with Gasteiger partial charge in [-0.15, -0.1) is 0 Å². The van der Waals surface area contributed by atoms with Crippen molar-refractivity contribution in [3.05, 3.63) is 66.2 Å². The number of carbonyl (C=O) groups excluding carboxylic acids is 1. The number of likely N-dealkylation sites (tertiary alicyclic amines) is 1. The monoisotopic (exact) mass is 367 g/mol. The van der Waals surface area contributed by atoms with Crippen LogP contribution in [0.2, 0.25) is 0 Å². The molecule has 1 aliphatic heterocycles. The van der Waals surface area contributed by atoms with Gasteiger partial charge in [0.15, 0.2) is 0 Å².